The molecular weight excluding hydrogens is 191 g/mol. The van der Waals surface area contributed by atoms with Crippen LogP contribution in [0.2, 0.25) is 0 Å². The average molecular weight is 194 g/mol. The molecule has 0 unspecified atom stereocenters. The Balaban J connectivity index is -0.000000125. The van der Waals surface area contributed by atoms with Crippen molar-refractivity contribution in [2.45, 2.75) is 0 Å². The van der Waals surface area contributed by atoms with Crippen LogP contribution in [0.25, 0.3) is 0 Å². The van der Waals surface area contributed by atoms with Gasteiger partial charge in [-0.15, -0.1) is 0 Å². The Morgan fingerprint density at radius 1 is 1.50 bits per heavy atom. The van der Waals surface area contributed by atoms with Crippen LogP contribution >= 0.6 is 7.82 Å². The van der Waals surface area contributed by atoms with E-state index in [1.165, 1.54) is 0 Å². The van der Waals surface area contributed by atoms with Crippen LogP contribution in [0.15, 0.2) is 0 Å². The maximum atomic E-state index is 9.00. The van der Waals surface area contributed by atoms with Gasteiger partial charge in [-0.3, -0.25) is 0 Å². The van der Waals surface area contributed by atoms with E-state index in [9.17, 15) is 0 Å². The van der Waals surface area contributed by atoms with Crippen molar-refractivity contribution < 1.29 is 24.3 Å². The van der Waals surface area contributed by atoms with E-state index < -0.39 is 7.82 Å². The number of hydrogen-bond donors (Lipinski definition) is 1. The first-order valence-electron chi connectivity index (χ1n) is 0.913. The molecule has 42 valence electrons. The van der Waals surface area contributed by atoms with Gasteiger partial charge in [0.1, 0.15) is 0 Å². The molecule has 0 aliphatic carbocycles. The van der Waals surface area contributed by atoms with Gasteiger partial charge >= 0.3 is 75.5 Å². The second-order valence-corrected chi connectivity index (χ2v) is 1.59. The van der Waals surface area contributed by atoms with E-state index in [1.54, 1.807) is 0 Å². The summed E-state index contributed by atoms with van der Waals surface area (Å²) in [5.41, 5.74) is 0. The Hall–Kier alpha value is 2.59. The number of hydrogen-bond acceptors (Lipinski definition) is 5. The molecule has 8 heteroatoms. The van der Waals surface area contributed by atoms with Crippen LogP contribution in [0.1, 0.15) is 0 Å². The fourth-order valence-electron chi connectivity index (χ4n) is 0. The molecule has 0 aromatic heterocycles. The zero-order valence-corrected chi connectivity index (χ0v) is 6.34. The molecule has 0 amide bonds. The van der Waals surface area contributed by atoms with Crippen molar-refractivity contribution >= 4 is 83.3 Å². The normalized spacial score (nSPS) is 8.88. The molecule has 0 aromatic rings. The molecule has 8 heavy (non-hydrogen) atoms. The zero-order chi connectivity index (χ0) is 5.21. The van der Waals surface area contributed by atoms with Crippen molar-refractivity contribution in [3.8, 4) is 0 Å². The summed E-state index contributed by atoms with van der Waals surface area (Å²) in [5.74, 6) is 0. The summed E-state index contributed by atoms with van der Waals surface area (Å²) in [6.45, 7) is 0. The van der Waals surface area contributed by atoms with Gasteiger partial charge in [-0.1, -0.05) is 0 Å². The summed E-state index contributed by atoms with van der Waals surface area (Å²) in [7, 11) is -5.09. The molecule has 0 saturated carbocycles. The Kier molecular flexibility index (Phi) is 16.3. The zero-order valence-electron chi connectivity index (χ0n) is 3.23. The molecule has 0 saturated heterocycles. The van der Waals surface area contributed by atoms with Crippen molar-refractivity contribution in [2.75, 3.05) is 0 Å². The van der Waals surface area contributed by atoms with Gasteiger partial charge in [-0.05, 0) is 0 Å². The van der Waals surface area contributed by atoms with E-state index in [2.05, 4.69) is 4.67 Å². The van der Waals surface area contributed by atoms with E-state index in [0.29, 0.717) is 0 Å². The van der Waals surface area contributed by atoms with E-state index in [1.807, 2.05) is 0 Å². The van der Waals surface area contributed by atoms with Gasteiger partial charge in [0.2, 0.25) is 0 Å². The molecule has 0 rings (SSSR count). The summed E-state index contributed by atoms with van der Waals surface area (Å²) < 4.78 is 11.4. The van der Waals surface area contributed by atoms with Crippen molar-refractivity contribution in [2.24, 2.45) is 0 Å². The van der Waals surface area contributed by atoms with Gasteiger partial charge in [-0.25, -0.2) is 9.93 Å². The van der Waals surface area contributed by atoms with Crippen LogP contribution in [0.3, 0.4) is 0 Å². The molecule has 0 atom stereocenters. The SMILES string of the molecule is O=P([O-])([O-])OO.[Ca+2].[CaH2]. The molecule has 0 fully saturated rings. The third-order valence-electron chi connectivity index (χ3n) is 0.100. The first kappa shape index (κ1) is 16.9. The van der Waals surface area contributed by atoms with E-state index in [0.717, 1.165) is 0 Å². The quantitative estimate of drug-likeness (QED) is 0.208. The Bertz CT molecular complexity index is 74.5. The van der Waals surface area contributed by atoms with Gasteiger partial charge in [0.25, 0.3) is 0 Å². The summed E-state index contributed by atoms with van der Waals surface area (Å²) in [6.07, 6.45) is 0. The molecule has 0 aliphatic rings. The number of phosphoric acid groups is 1. The van der Waals surface area contributed by atoms with Crippen molar-refractivity contribution in [1.82, 2.24) is 0 Å². The summed E-state index contributed by atoms with van der Waals surface area (Å²) in [6, 6.07) is 0. The molecule has 5 nitrogen and oxygen atoms in total. The monoisotopic (exact) mass is 194 g/mol. The van der Waals surface area contributed by atoms with E-state index >= 15 is 0 Å². The molecule has 0 heterocycles. The standard InChI is InChI=1S/2Ca.H3O5P.2H/c;;1-5-6(2,3)4;;/h;;1H,(H2,2,3,4);;/q;+2;;;/p-2. The molecular formula is H3Ca2O5P. The van der Waals surface area contributed by atoms with Crippen molar-refractivity contribution in [3.05, 3.63) is 0 Å². The number of rotatable bonds is 1. The van der Waals surface area contributed by atoms with Crippen LogP contribution in [-0.2, 0) is 9.24 Å². The van der Waals surface area contributed by atoms with Crippen LogP contribution in [0.4, 0.5) is 0 Å². The van der Waals surface area contributed by atoms with E-state index in [4.69, 9.17) is 19.6 Å². The third kappa shape index (κ3) is 15.8. The van der Waals surface area contributed by atoms with Gasteiger partial charge in [0.05, 0.1) is 7.82 Å². The molecule has 1 N–H and O–H groups in total. The van der Waals surface area contributed by atoms with Crippen LogP contribution in [0.5, 0.6) is 0 Å². The van der Waals surface area contributed by atoms with Gasteiger partial charge in [-0.2, -0.15) is 0 Å². The second-order valence-electron chi connectivity index (χ2n) is 0.529. The van der Waals surface area contributed by atoms with Crippen molar-refractivity contribution in [1.29, 1.82) is 0 Å². The first-order chi connectivity index (χ1) is 2.56. The van der Waals surface area contributed by atoms with E-state index in [-0.39, 0.29) is 75.5 Å². The maximum absolute atomic E-state index is 9.00. The predicted molar refractivity (Wildman–Crippen MR) is 25.6 cm³/mol. The van der Waals surface area contributed by atoms with Crippen LogP contribution < -0.4 is 9.79 Å². The fourth-order valence-corrected chi connectivity index (χ4v) is 0. The van der Waals surface area contributed by atoms with Crippen LogP contribution in [0, 0.1) is 0 Å². The molecule has 0 aromatic carbocycles. The molecule has 0 radical (unpaired) electrons. The second kappa shape index (κ2) is 7.69. The van der Waals surface area contributed by atoms with Gasteiger partial charge in [0, 0.05) is 0 Å². The van der Waals surface area contributed by atoms with Gasteiger partial charge < -0.3 is 14.4 Å². The topological polar surface area (TPSA) is 92.7 Å². The summed E-state index contributed by atoms with van der Waals surface area (Å²) in [5, 5.41) is 7.01. The summed E-state index contributed by atoms with van der Waals surface area (Å²) in [4.78, 5) is 18.0. The predicted octanol–water partition coefficient (Wildman–Crippen LogP) is -2.99. The van der Waals surface area contributed by atoms with Gasteiger partial charge in [0.15, 0.2) is 0 Å². The van der Waals surface area contributed by atoms with Crippen LogP contribution in [-0.4, -0.2) is 80.7 Å². The Labute approximate surface area is 106 Å². The minimum absolute atomic E-state index is 0. The van der Waals surface area contributed by atoms with Crippen molar-refractivity contribution in [3.63, 3.8) is 0 Å². The fraction of sp³-hybridized carbons (Fsp3) is 0. The molecule has 0 bridgehead atoms. The Morgan fingerprint density at radius 3 is 1.62 bits per heavy atom. The summed E-state index contributed by atoms with van der Waals surface area (Å²) >= 11 is 0. The minimum atomic E-state index is -5.09. The average Bonchev–Trinajstić information content (AvgIpc) is 1.35. The molecule has 0 aliphatic heterocycles. The molecule has 0 spiro atoms. The first-order valence-corrected chi connectivity index (χ1v) is 2.37. The Morgan fingerprint density at radius 2 is 1.62 bits per heavy atom. The third-order valence-corrected chi connectivity index (χ3v) is 0.300.